The molecule has 0 amide bonds. The number of hydrogen-bond acceptors (Lipinski definition) is 5. The van der Waals surface area contributed by atoms with Gasteiger partial charge in [-0.15, -0.1) is 0 Å². The van der Waals surface area contributed by atoms with Crippen LogP contribution in [0.25, 0.3) is 17.0 Å². The molecule has 2 aromatic heterocycles. The van der Waals surface area contributed by atoms with E-state index in [2.05, 4.69) is 9.97 Å². The van der Waals surface area contributed by atoms with Gasteiger partial charge in [0, 0.05) is 42.2 Å². The van der Waals surface area contributed by atoms with Crippen LogP contribution in [-0.4, -0.2) is 34.4 Å². The van der Waals surface area contributed by atoms with E-state index in [0.29, 0.717) is 29.3 Å². The molecule has 4 rings (SSSR count). The zero-order chi connectivity index (χ0) is 19.5. The molecule has 6 nitrogen and oxygen atoms in total. The number of carbonyl (C=O) groups excluding carboxylic acids is 1. The van der Waals surface area contributed by atoms with Gasteiger partial charge in [0.05, 0.1) is 19.9 Å². The zero-order valence-corrected chi connectivity index (χ0v) is 15.6. The minimum atomic E-state index is 0.00174. The van der Waals surface area contributed by atoms with Crippen LogP contribution in [0.1, 0.15) is 15.9 Å². The molecule has 0 unspecified atom stereocenters. The first kappa shape index (κ1) is 17.7. The predicted octanol–water partition coefficient (Wildman–Crippen LogP) is 3.84. The Morgan fingerprint density at radius 3 is 2.39 bits per heavy atom. The smallest absolute Gasteiger partial charge is 0.234 e. The third-order valence-electron chi connectivity index (χ3n) is 4.52. The largest absolute Gasteiger partial charge is 0.497 e. The number of hydrogen-bond donors (Lipinski definition) is 0. The minimum Gasteiger partial charge on any atom is -0.497 e. The van der Waals surface area contributed by atoms with Crippen molar-refractivity contribution in [3.8, 4) is 22.8 Å². The van der Waals surface area contributed by atoms with Gasteiger partial charge in [0.15, 0.2) is 5.78 Å². The summed E-state index contributed by atoms with van der Waals surface area (Å²) in [6, 6.07) is 14.9. The number of benzene rings is 2. The zero-order valence-electron chi connectivity index (χ0n) is 15.6. The normalized spacial score (nSPS) is 10.8. The molecule has 0 atom stereocenters. The Balaban J connectivity index is 1.53. The van der Waals surface area contributed by atoms with Crippen LogP contribution in [0.2, 0.25) is 0 Å². The maximum Gasteiger partial charge on any atom is 0.234 e. The second-order valence-electron chi connectivity index (χ2n) is 6.35. The molecule has 0 saturated carbocycles. The fraction of sp³-hybridized carbons (Fsp3) is 0.136. The van der Waals surface area contributed by atoms with E-state index in [1.54, 1.807) is 38.6 Å². The van der Waals surface area contributed by atoms with Crippen LogP contribution in [0.3, 0.4) is 0 Å². The van der Waals surface area contributed by atoms with Crippen LogP contribution in [0.15, 0.2) is 67.1 Å². The summed E-state index contributed by atoms with van der Waals surface area (Å²) in [5, 5.41) is 0. The third-order valence-corrected chi connectivity index (χ3v) is 4.52. The lowest BCUT2D eigenvalue weighted by Gasteiger charge is -2.08. The summed E-state index contributed by atoms with van der Waals surface area (Å²) in [6.07, 6.45) is 5.86. The van der Waals surface area contributed by atoms with E-state index in [-0.39, 0.29) is 5.78 Å². The maximum atomic E-state index is 12.7. The number of Topliss-reactive ketones (excluding diaryl/α,β-unsaturated/α-hetero) is 1. The van der Waals surface area contributed by atoms with E-state index in [0.717, 1.165) is 16.8 Å². The fourth-order valence-electron chi connectivity index (χ4n) is 3.02. The number of rotatable bonds is 6. The van der Waals surface area contributed by atoms with Crippen molar-refractivity contribution in [2.24, 2.45) is 0 Å². The molecule has 0 N–H and O–H groups in total. The van der Waals surface area contributed by atoms with Crippen LogP contribution in [0.4, 0.5) is 0 Å². The van der Waals surface area contributed by atoms with Crippen LogP contribution in [-0.2, 0) is 6.42 Å². The van der Waals surface area contributed by atoms with Gasteiger partial charge in [-0.2, -0.15) is 0 Å². The van der Waals surface area contributed by atoms with Crippen molar-refractivity contribution in [2.45, 2.75) is 6.42 Å². The van der Waals surface area contributed by atoms with Crippen LogP contribution < -0.4 is 9.47 Å². The Morgan fingerprint density at radius 2 is 1.75 bits per heavy atom. The van der Waals surface area contributed by atoms with Gasteiger partial charge in [-0.25, -0.2) is 9.97 Å². The number of ether oxygens (including phenoxy) is 2. The van der Waals surface area contributed by atoms with Crippen molar-refractivity contribution in [1.82, 2.24) is 14.4 Å². The number of ketones is 1. The maximum absolute atomic E-state index is 12.7. The molecule has 0 saturated heterocycles. The number of fused-ring (bicyclic) bond motifs is 1. The molecule has 0 aliphatic heterocycles. The summed E-state index contributed by atoms with van der Waals surface area (Å²) in [5.74, 6) is 1.85. The van der Waals surface area contributed by atoms with E-state index < -0.39 is 0 Å². The van der Waals surface area contributed by atoms with Gasteiger partial charge in [0.2, 0.25) is 5.78 Å². The van der Waals surface area contributed by atoms with Crippen molar-refractivity contribution in [1.29, 1.82) is 0 Å². The Labute approximate surface area is 162 Å². The molecular weight excluding hydrogens is 354 g/mol. The van der Waals surface area contributed by atoms with E-state index in [9.17, 15) is 4.79 Å². The Hall–Kier alpha value is -3.67. The molecule has 0 spiro atoms. The van der Waals surface area contributed by atoms with Gasteiger partial charge >= 0.3 is 0 Å². The van der Waals surface area contributed by atoms with E-state index in [1.165, 1.54) is 0 Å². The Kier molecular flexibility index (Phi) is 4.76. The minimum absolute atomic E-state index is 0.00174. The average Bonchev–Trinajstić information content (AvgIpc) is 3.18. The van der Waals surface area contributed by atoms with Gasteiger partial charge in [-0.05, 0) is 23.8 Å². The SMILES string of the molecule is COc1cc(OC)cc(C(=O)Cc2ccc(-c3cn4cccnc4n3)cc2)c1. The molecule has 2 heterocycles. The van der Waals surface area contributed by atoms with Crippen molar-refractivity contribution in [3.05, 3.63) is 78.2 Å². The number of aromatic nitrogens is 3. The molecular formula is C22H19N3O3. The Morgan fingerprint density at radius 1 is 1.04 bits per heavy atom. The van der Waals surface area contributed by atoms with E-state index in [4.69, 9.17) is 9.47 Å². The second-order valence-corrected chi connectivity index (χ2v) is 6.35. The lowest BCUT2D eigenvalue weighted by atomic mass is 10.0. The van der Waals surface area contributed by atoms with Crippen molar-refractivity contribution in [2.75, 3.05) is 14.2 Å². The topological polar surface area (TPSA) is 65.7 Å². The van der Waals surface area contributed by atoms with Crippen LogP contribution in [0, 0.1) is 0 Å². The fourth-order valence-corrected chi connectivity index (χ4v) is 3.02. The molecule has 2 aromatic carbocycles. The quantitative estimate of drug-likeness (QED) is 0.481. The first-order valence-corrected chi connectivity index (χ1v) is 8.81. The highest BCUT2D eigenvalue weighted by Gasteiger charge is 2.12. The van der Waals surface area contributed by atoms with Crippen LogP contribution >= 0.6 is 0 Å². The monoisotopic (exact) mass is 373 g/mol. The van der Waals surface area contributed by atoms with Gasteiger partial charge in [-0.3, -0.25) is 9.20 Å². The first-order valence-electron chi connectivity index (χ1n) is 8.81. The Bertz CT molecular complexity index is 1080. The van der Waals surface area contributed by atoms with E-state index >= 15 is 0 Å². The first-order chi connectivity index (χ1) is 13.7. The second kappa shape index (κ2) is 7.52. The molecule has 0 aliphatic rings. The van der Waals surface area contributed by atoms with Crippen molar-refractivity contribution >= 4 is 11.6 Å². The number of nitrogens with zero attached hydrogens (tertiary/aromatic N) is 3. The molecule has 0 radical (unpaired) electrons. The highest BCUT2D eigenvalue weighted by molar-refractivity contribution is 5.98. The summed E-state index contributed by atoms with van der Waals surface area (Å²) >= 11 is 0. The van der Waals surface area contributed by atoms with E-state index in [1.807, 2.05) is 47.1 Å². The van der Waals surface area contributed by atoms with Gasteiger partial charge < -0.3 is 9.47 Å². The standard InChI is InChI=1S/C22H19N3O3/c1-27-18-11-17(12-19(13-18)28-2)21(26)10-15-4-6-16(7-5-15)20-14-25-9-3-8-23-22(25)24-20/h3-9,11-14H,10H2,1-2H3. The van der Waals surface area contributed by atoms with Gasteiger partial charge in [0.1, 0.15) is 11.5 Å². The average molecular weight is 373 g/mol. The third kappa shape index (κ3) is 3.57. The molecule has 4 aromatic rings. The predicted molar refractivity (Wildman–Crippen MR) is 106 cm³/mol. The van der Waals surface area contributed by atoms with Gasteiger partial charge in [-0.1, -0.05) is 24.3 Å². The highest BCUT2D eigenvalue weighted by atomic mass is 16.5. The molecule has 28 heavy (non-hydrogen) atoms. The summed E-state index contributed by atoms with van der Waals surface area (Å²) < 4.78 is 12.4. The highest BCUT2D eigenvalue weighted by Crippen LogP contribution is 2.24. The molecule has 0 aliphatic carbocycles. The number of methoxy groups -OCH3 is 2. The molecule has 0 bridgehead atoms. The molecule has 0 fully saturated rings. The summed E-state index contributed by atoms with van der Waals surface area (Å²) in [4.78, 5) is 21.4. The molecule has 6 heteroatoms. The van der Waals surface area contributed by atoms with Crippen molar-refractivity contribution < 1.29 is 14.3 Å². The summed E-state index contributed by atoms with van der Waals surface area (Å²) in [7, 11) is 3.13. The molecule has 140 valence electrons. The van der Waals surface area contributed by atoms with Gasteiger partial charge in [0.25, 0.3) is 0 Å². The van der Waals surface area contributed by atoms with Crippen molar-refractivity contribution in [3.63, 3.8) is 0 Å². The van der Waals surface area contributed by atoms with Crippen LogP contribution in [0.5, 0.6) is 11.5 Å². The summed E-state index contributed by atoms with van der Waals surface area (Å²) in [6.45, 7) is 0. The lowest BCUT2D eigenvalue weighted by molar-refractivity contribution is 0.0992. The lowest BCUT2D eigenvalue weighted by Crippen LogP contribution is -2.04. The number of imidazole rings is 1. The summed E-state index contributed by atoms with van der Waals surface area (Å²) in [5.41, 5.74) is 3.31. The number of carbonyl (C=O) groups is 1.